The first-order valence-corrected chi connectivity index (χ1v) is 13.1. The number of fused-ring (bicyclic) bond motifs is 1. The summed E-state index contributed by atoms with van der Waals surface area (Å²) in [4.78, 5) is 25.7. The van der Waals surface area contributed by atoms with Crippen LogP contribution < -0.4 is 5.32 Å². The molecule has 1 saturated carbocycles. The van der Waals surface area contributed by atoms with Gasteiger partial charge in [-0.1, -0.05) is 49.2 Å². The molecule has 1 aliphatic rings. The van der Waals surface area contributed by atoms with Crippen molar-refractivity contribution in [1.29, 1.82) is 0 Å². The molecule has 2 aromatic carbocycles. The second kappa shape index (κ2) is 11.8. The van der Waals surface area contributed by atoms with E-state index in [1.807, 2.05) is 54.7 Å². The first kappa shape index (κ1) is 25.3. The van der Waals surface area contributed by atoms with Crippen LogP contribution in [-0.4, -0.2) is 29.1 Å². The summed E-state index contributed by atoms with van der Waals surface area (Å²) in [7, 11) is 0. The number of unbranched alkanes of at least 4 members (excludes halogenated alkanes) is 1. The summed E-state index contributed by atoms with van der Waals surface area (Å²) in [5.74, 6) is 0.247. The molecule has 1 fully saturated rings. The first-order valence-electron chi connectivity index (χ1n) is 12.8. The van der Waals surface area contributed by atoms with E-state index in [-0.39, 0.29) is 23.8 Å². The lowest BCUT2D eigenvalue weighted by atomic mass is 9.79. The molecule has 1 N–H and O–H groups in total. The molecule has 0 aliphatic heterocycles. The predicted octanol–water partition coefficient (Wildman–Crippen LogP) is 6.61. The number of hydrogen-bond acceptors (Lipinski definition) is 3. The van der Waals surface area contributed by atoms with Gasteiger partial charge in [-0.3, -0.25) is 9.59 Å². The number of para-hydroxylation sites is 1. The highest BCUT2D eigenvalue weighted by molar-refractivity contribution is 6.30. The van der Waals surface area contributed by atoms with Crippen LogP contribution in [0.1, 0.15) is 68.3 Å². The molecule has 1 aromatic heterocycles. The average Bonchev–Trinajstić information content (AvgIpc) is 3.28. The lowest BCUT2D eigenvalue weighted by Gasteiger charge is -2.31. The molecule has 0 bridgehead atoms. The smallest absolute Gasteiger partial charge is 0.308 e. The number of rotatable bonds is 9. The van der Waals surface area contributed by atoms with E-state index in [9.17, 15) is 9.59 Å². The molecule has 0 radical (unpaired) electrons. The SMILES string of the molecule is CCCCOC(=O)C1CCC([C@H](C)NC(=O)c2cccc3ccn(Cc4ccc(Cl)cc4)c23)CC1. The van der Waals surface area contributed by atoms with Crippen LogP contribution in [0.2, 0.25) is 5.02 Å². The van der Waals surface area contributed by atoms with Gasteiger partial charge in [0, 0.05) is 29.2 Å². The maximum Gasteiger partial charge on any atom is 0.308 e. The number of benzene rings is 2. The summed E-state index contributed by atoms with van der Waals surface area (Å²) in [5.41, 5.74) is 2.74. The van der Waals surface area contributed by atoms with Gasteiger partial charge in [-0.2, -0.15) is 0 Å². The zero-order valence-corrected chi connectivity index (χ0v) is 21.4. The van der Waals surface area contributed by atoms with E-state index in [1.165, 1.54) is 0 Å². The van der Waals surface area contributed by atoms with Crippen molar-refractivity contribution in [1.82, 2.24) is 9.88 Å². The Morgan fingerprint density at radius 3 is 2.54 bits per heavy atom. The Kier molecular flexibility index (Phi) is 8.50. The Morgan fingerprint density at radius 2 is 1.83 bits per heavy atom. The molecule has 1 heterocycles. The number of amides is 1. The highest BCUT2D eigenvalue weighted by Crippen LogP contribution is 2.32. The number of aromatic nitrogens is 1. The van der Waals surface area contributed by atoms with Gasteiger partial charge >= 0.3 is 5.97 Å². The van der Waals surface area contributed by atoms with Gasteiger partial charge in [-0.25, -0.2) is 0 Å². The lowest BCUT2D eigenvalue weighted by Crippen LogP contribution is -2.40. The maximum atomic E-state index is 13.4. The van der Waals surface area contributed by atoms with E-state index < -0.39 is 0 Å². The molecule has 6 heteroatoms. The fraction of sp³-hybridized carbons (Fsp3) is 0.448. The Hall–Kier alpha value is -2.79. The molecule has 5 nitrogen and oxygen atoms in total. The van der Waals surface area contributed by atoms with E-state index in [0.29, 0.717) is 29.7 Å². The number of halogens is 1. The zero-order valence-electron chi connectivity index (χ0n) is 20.6. The lowest BCUT2D eigenvalue weighted by molar-refractivity contribution is -0.150. The van der Waals surface area contributed by atoms with Crippen molar-refractivity contribution in [3.05, 3.63) is 70.9 Å². The van der Waals surface area contributed by atoms with E-state index in [1.54, 1.807) is 0 Å². The van der Waals surface area contributed by atoms with Crippen LogP contribution in [0.4, 0.5) is 0 Å². The van der Waals surface area contributed by atoms with Crippen LogP contribution in [-0.2, 0) is 16.1 Å². The van der Waals surface area contributed by atoms with E-state index >= 15 is 0 Å². The van der Waals surface area contributed by atoms with Gasteiger partial charge in [-0.05, 0) is 74.8 Å². The van der Waals surface area contributed by atoms with E-state index in [4.69, 9.17) is 16.3 Å². The van der Waals surface area contributed by atoms with Gasteiger partial charge in [0.25, 0.3) is 5.91 Å². The number of esters is 1. The average molecular weight is 495 g/mol. The molecule has 4 rings (SSSR count). The van der Waals surface area contributed by atoms with Crippen LogP contribution in [0.5, 0.6) is 0 Å². The van der Waals surface area contributed by atoms with Crippen LogP contribution >= 0.6 is 11.6 Å². The Balaban J connectivity index is 1.39. The minimum Gasteiger partial charge on any atom is -0.465 e. The van der Waals surface area contributed by atoms with Gasteiger partial charge in [0.05, 0.1) is 23.6 Å². The van der Waals surface area contributed by atoms with E-state index in [2.05, 4.69) is 23.7 Å². The van der Waals surface area contributed by atoms with Gasteiger partial charge in [0.2, 0.25) is 0 Å². The summed E-state index contributed by atoms with van der Waals surface area (Å²) >= 11 is 6.03. The molecule has 35 heavy (non-hydrogen) atoms. The number of hydrogen-bond donors (Lipinski definition) is 1. The van der Waals surface area contributed by atoms with Crippen molar-refractivity contribution < 1.29 is 14.3 Å². The number of nitrogens with zero attached hydrogens (tertiary/aromatic N) is 1. The minimum absolute atomic E-state index is 0.00380. The standard InChI is InChI=1S/C29H35ClN2O3/c1-3-4-18-35-29(34)24-12-10-22(11-13-24)20(2)31-28(33)26-7-5-6-23-16-17-32(27(23)26)19-21-8-14-25(30)15-9-21/h5-9,14-17,20,22,24H,3-4,10-13,18-19H2,1-2H3,(H,31,33)/t20-,22?,24?/m0/s1. The van der Waals surface area contributed by atoms with Gasteiger partial charge in [0.15, 0.2) is 0 Å². The number of nitrogens with one attached hydrogen (secondary N) is 1. The molecule has 1 atom stereocenters. The highest BCUT2D eigenvalue weighted by atomic mass is 35.5. The number of carbonyl (C=O) groups is 2. The fourth-order valence-electron chi connectivity index (χ4n) is 5.05. The third kappa shape index (κ3) is 6.26. The highest BCUT2D eigenvalue weighted by Gasteiger charge is 2.30. The van der Waals surface area contributed by atoms with Gasteiger partial charge in [-0.15, -0.1) is 0 Å². The molecule has 1 amide bonds. The topological polar surface area (TPSA) is 60.3 Å². The third-order valence-corrected chi connectivity index (χ3v) is 7.46. The van der Waals surface area contributed by atoms with Crippen LogP contribution in [0, 0.1) is 11.8 Å². The number of ether oxygens (including phenoxy) is 1. The van der Waals surface area contributed by atoms with Crippen molar-refractivity contribution in [3.8, 4) is 0 Å². The van der Waals surface area contributed by atoms with Crippen LogP contribution in [0.3, 0.4) is 0 Å². The third-order valence-electron chi connectivity index (χ3n) is 7.21. The van der Waals surface area contributed by atoms with Crippen LogP contribution in [0.25, 0.3) is 10.9 Å². The number of carbonyl (C=O) groups excluding carboxylic acids is 2. The summed E-state index contributed by atoms with van der Waals surface area (Å²) < 4.78 is 7.53. The van der Waals surface area contributed by atoms with Crippen molar-refractivity contribution >= 4 is 34.4 Å². The summed E-state index contributed by atoms with van der Waals surface area (Å²) in [6, 6.07) is 15.7. The molecule has 1 aliphatic carbocycles. The molecule has 0 spiro atoms. The van der Waals surface area contributed by atoms with Crippen LogP contribution in [0.15, 0.2) is 54.7 Å². The molecular weight excluding hydrogens is 460 g/mol. The van der Waals surface area contributed by atoms with E-state index in [0.717, 1.165) is 55.0 Å². The predicted molar refractivity (Wildman–Crippen MR) is 141 cm³/mol. The molecule has 186 valence electrons. The Labute approximate surface area is 212 Å². The normalized spacial score (nSPS) is 18.8. The first-order chi connectivity index (χ1) is 17.0. The summed E-state index contributed by atoms with van der Waals surface area (Å²) in [6.45, 7) is 5.35. The second-order valence-corrected chi connectivity index (χ2v) is 10.1. The monoisotopic (exact) mass is 494 g/mol. The minimum atomic E-state index is -0.0553. The second-order valence-electron chi connectivity index (χ2n) is 9.71. The molecule has 0 saturated heterocycles. The van der Waals surface area contributed by atoms with Crippen molar-refractivity contribution in [2.75, 3.05) is 6.61 Å². The zero-order chi connectivity index (χ0) is 24.8. The van der Waals surface area contributed by atoms with Gasteiger partial charge in [0.1, 0.15) is 0 Å². The summed E-state index contributed by atoms with van der Waals surface area (Å²) in [5, 5.41) is 5.00. The molecular formula is C29H35ClN2O3. The largest absolute Gasteiger partial charge is 0.465 e. The fourth-order valence-corrected chi connectivity index (χ4v) is 5.18. The van der Waals surface area contributed by atoms with Gasteiger partial charge < -0.3 is 14.6 Å². The quantitative estimate of drug-likeness (QED) is 0.269. The van der Waals surface area contributed by atoms with Crippen molar-refractivity contribution in [2.45, 2.75) is 65.0 Å². The van der Waals surface area contributed by atoms with Crippen molar-refractivity contribution in [3.63, 3.8) is 0 Å². The Bertz CT molecular complexity index is 1150. The molecule has 3 aromatic rings. The summed E-state index contributed by atoms with van der Waals surface area (Å²) in [6.07, 6.45) is 7.47. The Morgan fingerprint density at radius 1 is 1.09 bits per heavy atom. The van der Waals surface area contributed by atoms with Crippen molar-refractivity contribution in [2.24, 2.45) is 11.8 Å². The maximum absolute atomic E-state index is 13.4. The molecule has 0 unspecified atom stereocenters.